The topological polar surface area (TPSA) is 26.3 Å². The Balaban J connectivity index is 2.40. The molecule has 0 saturated heterocycles. The Bertz CT molecular complexity index is 252. The minimum atomic E-state index is -0.0589. The lowest BCUT2D eigenvalue weighted by atomic mass is 9.68. The molecule has 0 aromatic rings. The van der Waals surface area contributed by atoms with Gasteiger partial charge in [0, 0.05) is 6.42 Å². The fraction of sp³-hybridized carbons (Fsp3) is 0.812. The molecule has 0 radical (unpaired) electrons. The van der Waals surface area contributed by atoms with Crippen molar-refractivity contribution < 1.29 is 9.53 Å². The molecule has 1 saturated carbocycles. The third-order valence-electron chi connectivity index (χ3n) is 4.20. The van der Waals surface area contributed by atoms with Crippen LogP contribution < -0.4 is 0 Å². The lowest BCUT2D eigenvalue weighted by Gasteiger charge is -2.37. The molecule has 2 heteroatoms. The molecule has 0 aromatic carbocycles. The first-order valence-electron chi connectivity index (χ1n) is 7.49. The molecular weight excluding hydrogens is 224 g/mol. The van der Waals surface area contributed by atoms with Gasteiger partial charge in [-0.3, -0.25) is 4.79 Å². The van der Waals surface area contributed by atoms with Gasteiger partial charge in [0.15, 0.2) is 0 Å². The van der Waals surface area contributed by atoms with Gasteiger partial charge in [0.2, 0.25) is 0 Å². The van der Waals surface area contributed by atoms with E-state index >= 15 is 0 Å². The van der Waals surface area contributed by atoms with Gasteiger partial charge in [0.1, 0.15) is 6.61 Å². The molecular formula is C16H28O2. The summed E-state index contributed by atoms with van der Waals surface area (Å²) in [5.41, 5.74) is 0.432. The van der Waals surface area contributed by atoms with Crippen molar-refractivity contribution in [2.24, 2.45) is 5.41 Å². The van der Waals surface area contributed by atoms with Crippen molar-refractivity contribution in [3.05, 3.63) is 12.7 Å². The quantitative estimate of drug-likeness (QED) is 0.465. The maximum Gasteiger partial charge on any atom is 0.306 e. The van der Waals surface area contributed by atoms with Gasteiger partial charge >= 0.3 is 5.97 Å². The average molecular weight is 252 g/mol. The highest BCUT2D eigenvalue weighted by atomic mass is 16.5. The van der Waals surface area contributed by atoms with Crippen LogP contribution in [0.3, 0.4) is 0 Å². The Morgan fingerprint density at radius 3 is 2.61 bits per heavy atom. The van der Waals surface area contributed by atoms with Gasteiger partial charge in [-0.2, -0.15) is 0 Å². The van der Waals surface area contributed by atoms with Gasteiger partial charge in [-0.15, -0.1) is 0 Å². The first-order valence-corrected chi connectivity index (χ1v) is 7.49. The Morgan fingerprint density at radius 2 is 2.00 bits per heavy atom. The Kier molecular flexibility index (Phi) is 7.07. The minimum Gasteiger partial charge on any atom is -0.461 e. The number of ether oxygens (including phenoxy) is 1. The summed E-state index contributed by atoms with van der Waals surface area (Å²) in [6.45, 7) is 6.15. The second-order valence-corrected chi connectivity index (χ2v) is 5.64. The van der Waals surface area contributed by atoms with Gasteiger partial charge in [0.25, 0.3) is 0 Å². The summed E-state index contributed by atoms with van der Waals surface area (Å²) in [6, 6.07) is 0. The Morgan fingerprint density at radius 1 is 1.28 bits per heavy atom. The molecule has 0 N–H and O–H groups in total. The zero-order chi connectivity index (χ0) is 13.3. The molecule has 0 heterocycles. The van der Waals surface area contributed by atoms with E-state index in [0.717, 1.165) is 6.42 Å². The number of rotatable bonds is 8. The summed E-state index contributed by atoms with van der Waals surface area (Å²) < 4.78 is 5.07. The lowest BCUT2D eigenvalue weighted by molar-refractivity contribution is -0.143. The maximum atomic E-state index is 11.6. The first-order chi connectivity index (χ1) is 8.72. The van der Waals surface area contributed by atoms with E-state index in [2.05, 4.69) is 13.5 Å². The summed E-state index contributed by atoms with van der Waals surface area (Å²) in [7, 11) is 0. The van der Waals surface area contributed by atoms with Crippen molar-refractivity contribution in [3.63, 3.8) is 0 Å². The molecule has 18 heavy (non-hydrogen) atoms. The highest BCUT2D eigenvalue weighted by Gasteiger charge is 2.31. The van der Waals surface area contributed by atoms with Crippen LogP contribution in [0.4, 0.5) is 0 Å². The lowest BCUT2D eigenvalue weighted by Crippen LogP contribution is -2.25. The number of carbonyl (C=O) groups excluding carboxylic acids is 1. The van der Waals surface area contributed by atoms with E-state index in [-0.39, 0.29) is 5.97 Å². The van der Waals surface area contributed by atoms with Crippen molar-refractivity contribution >= 4 is 5.97 Å². The molecule has 1 rings (SSSR count). The predicted molar refractivity (Wildman–Crippen MR) is 75.4 cm³/mol. The van der Waals surface area contributed by atoms with Gasteiger partial charge < -0.3 is 4.74 Å². The van der Waals surface area contributed by atoms with Crippen LogP contribution in [0.15, 0.2) is 12.7 Å². The van der Waals surface area contributed by atoms with E-state index in [9.17, 15) is 4.79 Å². The fourth-order valence-electron chi connectivity index (χ4n) is 3.07. The highest BCUT2D eigenvalue weighted by Crippen LogP contribution is 2.44. The number of unbranched alkanes of at least 4 members (excludes halogenated alkanes) is 1. The normalized spacial score (nSPS) is 18.3. The molecule has 0 bridgehead atoms. The van der Waals surface area contributed by atoms with Crippen LogP contribution in [0, 0.1) is 5.41 Å². The summed E-state index contributed by atoms with van der Waals surface area (Å²) in [5, 5.41) is 0. The van der Waals surface area contributed by atoms with Crippen LogP contribution in [-0.2, 0) is 9.53 Å². The van der Waals surface area contributed by atoms with Crippen LogP contribution in [0.25, 0.3) is 0 Å². The van der Waals surface area contributed by atoms with E-state index in [4.69, 9.17) is 4.74 Å². The molecule has 2 nitrogen and oxygen atoms in total. The first kappa shape index (κ1) is 15.3. The zero-order valence-corrected chi connectivity index (χ0v) is 11.9. The molecule has 0 spiro atoms. The van der Waals surface area contributed by atoms with Gasteiger partial charge in [-0.1, -0.05) is 51.7 Å². The zero-order valence-electron chi connectivity index (χ0n) is 11.9. The van der Waals surface area contributed by atoms with Gasteiger partial charge in [-0.25, -0.2) is 0 Å². The van der Waals surface area contributed by atoms with Crippen LogP contribution in [0.1, 0.15) is 71.1 Å². The summed E-state index contributed by atoms with van der Waals surface area (Å²) in [5.74, 6) is -0.0589. The minimum absolute atomic E-state index is 0.0589. The molecule has 0 aliphatic heterocycles. The summed E-state index contributed by atoms with van der Waals surface area (Å²) >= 11 is 0. The molecule has 0 aromatic heterocycles. The second kappa shape index (κ2) is 8.34. The number of hydrogen-bond acceptors (Lipinski definition) is 2. The molecule has 0 unspecified atom stereocenters. The smallest absolute Gasteiger partial charge is 0.306 e. The number of carbonyl (C=O) groups is 1. The van der Waals surface area contributed by atoms with Crippen LogP contribution >= 0.6 is 0 Å². The standard InChI is InChI=1S/C16H28O2/c1-3-5-10-16(11-7-6-8-12-16)13-9-15(17)18-14-4-2/h4H,2-3,5-14H2,1H3. The molecule has 1 fully saturated rings. The van der Waals surface area contributed by atoms with E-state index < -0.39 is 0 Å². The second-order valence-electron chi connectivity index (χ2n) is 5.64. The Hall–Kier alpha value is -0.790. The fourth-order valence-corrected chi connectivity index (χ4v) is 3.07. The van der Waals surface area contributed by atoms with Crippen molar-refractivity contribution in [2.45, 2.75) is 71.1 Å². The third-order valence-corrected chi connectivity index (χ3v) is 4.20. The summed E-state index contributed by atoms with van der Waals surface area (Å²) in [6.07, 6.45) is 13.7. The largest absolute Gasteiger partial charge is 0.461 e. The van der Waals surface area contributed by atoms with Crippen LogP contribution in [0.5, 0.6) is 0 Å². The van der Waals surface area contributed by atoms with E-state index in [1.165, 1.54) is 51.4 Å². The molecule has 104 valence electrons. The van der Waals surface area contributed by atoms with Crippen molar-refractivity contribution in [1.29, 1.82) is 0 Å². The van der Waals surface area contributed by atoms with Gasteiger partial charge in [-0.05, 0) is 31.1 Å². The van der Waals surface area contributed by atoms with E-state index in [0.29, 0.717) is 18.4 Å². The molecule has 1 aliphatic carbocycles. The average Bonchev–Trinajstić information content (AvgIpc) is 2.42. The molecule has 1 aliphatic rings. The van der Waals surface area contributed by atoms with E-state index in [1.807, 2.05) is 0 Å². The van der Waals surface area contributed by atoms with E-state index in [1.54, 1.807) is 6.08 Å². The Labute approximate surface area is 112 Å². The maximum absolute atomic E-state index is 11.6. The monoisotopic (exact) mass is 252 g/mol. The number of hydrogen-bond donors (Lipinski definition) is 0. The van der Waals surface area contributed by atoms with Crippen molar-refractivity contribution in [3.8, 4) is 0 Å². The highest BCUT2D eigenvalue weighted by molar-refractivity contribution is 5.69. The summed E-state index contributed by atoms with van der Waals surface area (Å²) in [4.78, 5) is 11.6. The SMILES string of the molecule is C=CCOC(=O)CCC1(CCCC)CCCCC1. The van der Waals surface area contributed by atoms with Crippen molar-refractivity contribution in [2.75, 3.05) is 6.61 Å². The van der Waals surface area contributed by atoms with Crippen LogP contribution in [0.2, 0.25) is 0 Å². The van der Waals surface area contributed by atoms with Crippen LogP contribution in [-0.4, -0.2) is 12.6 Å². The molecule has 0 amide bonds. The number of esters is 1. The predicted octanol–water partition coefficient (Wildman–Crippen LogP) is 4.64. The third kappa shape index (κ3) is 5.24. The molecule has 0 atom stereocenters. The van der Waals surface area contributed by atoms with Crippen molar-refractivity contribution in [1.82, 2.24) is 0 Å². The van der Waals surface area contributed by atoms with Gasteiger partial charge in [0.05, 0.1) is 0 Å².